The van der Waals surface area contributed by atoms with E-state index in [-0.39, 0.29) is 0 Å². The van der Waals surface area contributed by atoms with Crippen LogP contribution in [0.3, 0.4) is 0 Å². The highest BCUT2D eigenvalue weighted by molar-refractivity contribution is 5.13. The summed E-state index contributed by atoms with van der Waals surface area (Å²) in [6, 6.07) is 0.660. The van der Waals surface area contributed by atoms with E-state index in [1.807, 2.05) is 0 Å². The lowest BCUT2D eigenvalue weighted by atomic mass is 10.0. The Balaban J connectivity index is 1.97. The third kappa shape index (κ3) is 2.44. The average Bonchev–Trinajstić information content (AvgIpc) is 2.90. The van der Waals surface area contributed by atoms with Crippen LogP contribution in [-0.4, -0.2) is 12.6 Å². The van der Waals surface area contributed by atoms with Gasteiger partial charge in [0.25, 0.3) is 0 Å². The predicted octanol–water partition coefficient (Wildman–Crippen LogP) is 3.37. The van der Waals surface area contributed by atoms with Gasteiger partial charge >= 0.3 is 0 Å². The third-order valence-corrected chi connectivity index (χ3v) is 4.09. The lowest BCUT2D eigenvalue weighted by molar-refractivity contribution is 0.480. The van der Waals surface area contributed by atoms with Gasteiger partial charge in [-0.05, 0) is 51.0 Å². The summed E-state index contributed by atoms with van der Waals surface area (Å²) in [7, 11) is 0. The molecule has 15 heavy (non-hydrogen) atoms. The molecule has 2 aliphatic carbocycles. The Hall–Kier alpha value is -0.300. The zero-order chi connectivity index (χ0) is 10.8. The molecule has 3 unspecified atom stereocenters. The number of hydrogen-bond acceptors (Lipinski definition) is 1. The summed E-state index contributed by atoms with van der Waals surface area (Å²) in [4.78, 5) is 0. The van der Waals surface area contributed by atoms with Gasteiger partial charge in [-0.25, -0.2) is 0 Å². The topological polar surface area (TPSA) is 12.0 Å². The summed E-state index contributed by atoms with van der Waals surface area (Å²) >= 11 is 0. The Labute approximate surface area is 94.3 Å². The van der Waals surface area contributed by atoms with E-state index in [9.17, 15) is 0 Å². The van der Waals surface area contributed by atoms with Crippen LogP contribution in [-0.2, 0) is 0 Å². The van der Waals surface area contributed by atoms with Gasteiger partial charge in [-0.15, -0.1) is 0 Å². The van der Waals surface area contributed by atoms with Crippen molar-refractivity contribution in [2.24, 2.45) is 17.8 Å². The Morgan fingerprint density at radius 2 is 1.87 bits per heavy atom. The molecule has 0 aromatic carbocycles. The van der Waals surface area contributed by atoms with Crippen LogP contribution in [0, 0.1) is 17.8 Å². The minimum absolute atomic E-state index is 0.660. The fourth-order valence-electron chi connectivity index (χ4n) is 3.48. The van der Waals surface area contributed by atoms with E-state index in [1.54, 1.807) is 0 Å². The van der Waals surface area contributed by atoms with Crippen molar-refractivity contribution in [3.05, 3.63) is 11.6 Å². The standard InChI is InChI=1S/C14H25N/c1-4-15-13(9-10(2)3)14-11-7-5-6-8-12(11)14/h9,11-15H,4-8H2,1-3H3. The van der Waals surface area contributed by atoms with Crippen LogP contribution < -0.4 is 5.32 Å². The average molecular weight is 207 g/mol. The van der Waals surface area contributed by atoms with Crippen LogP contribution in [0.2, 0.25) is 0 Å². The normalized spacial score (nSPS) is 35.5. The van der Waals surface area contributed by atoms with Crippen LogP contribution in [0.4, 0.5) is 0 Å². The summed E-state index contributed by atoms with van der Waals surface area (Å²) < 4.78 is 0. The van der Waals surface area contributed by atoms with Gasteiger partial charge in [0.05, 0.1) is 0 Å². The summed E-state index contributed by atoms with van der Waals surface area (Å²) in [6.07, 6.45) is 8.39. The lowest BCUT2D eigenvalue weighted by Crippen LogP contribution is -2.30. The SMILES string of the molecule is CCNC(C=C(C)C)C1C2CCCCC21. The van der Waals surface area contributed by atoms with Crippen LogP contribution in [0.1, 0.15) is 46.5 Å². The first-order valence-corrected chi connectivity index (χ1v) is 6.62. The number of hydrogen-bond donors (Lipinski definition) is 1. The molecule has 1 N–H and O–H groups in total. The van der Waals surface area contributed by atoms with Crippen molar-refractivity contribution in [1.82, 2.24) is 5.32 Å². The summed E-state index contributed by atoms with van der Waals surface area (Å²) in [5, 5.41) is 3.66. The van der Waals surface area contributed by atoms with Crippen LogP contribution in [0.5, 0.6) is 0 Å². The molecule has 0 heterocycles. The van der Waals surface area contributed by atoms with E-state index in [1.165, 1.54) is 31.3 Å². The molecule has 1 nitrogen and oxygen atoms in total. The second kappa shape index (κ2) is 4.69. The number of fused-ring (bicyclic) bond motifs is 1. The predicted molar refractivity (Wildman–Crippen MR) is 65.8 cm³/mol. The van der Waals surface area contributed by atoms with Crippen molar-refractivity contribution in [3.8, 4) is 0 Å². The molecule has 0 aromatic heterocycles. The van der Waals surface area contributed by atoms with Crippen LogP contribution >= 0.6 is 0 Å². The van der Waals surface area contributed by atoms with E-state index < -0.39 is 0 Å². The first kappa shape index (κ1) is 11.2. The highest BCUT2D eigenvalue weighted by atomic mass is 14.9. The first-order valence-electron chi connectivity index (χ1n) is 6.62. The van der Waals surface area contributed by atoms with E-state index in [0.29, 0.717) is 6.04 Å². The van der Waals surface area contributed by atoms with Gasteiger partial charge in [0.1, 0.15) is 0 Å². The highest BCUT2D eigenvalue weighted by Crippen LogP contribution is 2.57. The molecule has 2 aliphatic rings. The summed E-state index contributed by atoms with van der Waals surface area (Å²) in [5.41, 5.74) is 1.46. The van der Waals surface area contributed by atoms with E-state index in [2.05, 4.69) is 32.2 Å². The van der Waals surface area contributed by atoms with Crippen LogP contribution in [0.25, 0.3) is 0 Å². The fourth-order valence-corrected chi connectivity index (χ4v) is 3.48. The quantitative estimate of drug-likeness (QED) is 0.697. The van der Waals surface area contributed by atoms with Crippen molar-refractivity contribution >= 4 is 0 Å². The van der Waals surface area contributed by atoms with Gasteiger partial charge in [0, 0.05) is 6.04 Å². The third-order valence-electron chi connectivity index (χ3n) is 4.09. The number of nitrogens with one attached hydrogen (secondary N) is 1. The van der Waals surface area contributed by atoms with Gasteiger partial charge in [0.2, 0.25) is 0 Å². The maximum Gasteiger partial charge on any atom is 0.0286 e. The molecule has 2 saturated carbocycles. The van der Waals surface area contributed by atoms with E-state index in [0.717, 1.165) is 24.3 Å². The first-order chi connectivity index (χ1) is 7.24. The Bertz CT molecular complexity index is 228. The zero-order valence-electron chi connectivity index (χ0n) is 10.4. The monoisotopic (exact) mass is 207 g/mol. The van der Waals surface area contributed by atoms with Gasteiger partial charge in [0.15, 0.2) is 0 Å². The van der Waals surface area contributed by atoms with Crippen molar-refractivity contribution in [3.63, 3.8) is 0 Å². The molecule has 0 amide bonds. The number of likely N-dealkylation sites (N-methyl/N-ethyl adjacent to an activating group) is 1. The van der Waals surface area contributed by atoms with Crippen molar-refractivity contribution in [2.45, 2.75) is 52.5 Å². The molecule has 0 bridgehead atoms. The summed E-state index contributed by atoms with van der Waals surface area (Å²) in [5.74, 6) is 3.07. The lowest BCUT2D eigenvalue weighted by Gasteiger charge is -2.14. The number of rotatable bonds is 4. The molecular formula is C14H25N. The fraction of sp³-hybridized carbons (Fsp3) is 0.857. The van der Waals surface area contributed by atoms with Crippen LogP contribution in [0.15, 0.2) is 11.6 Å². The van der Waals surface area contributed by atoms with Gasteiger partial charge in [-0.3, -0.25) is 0 Å². The molecule has 86 valence electrons. The van der Waals surface area contributed by atoms with Crippen molar-refractivity contribution < 1.29 is 0 Å². The zero-order valence-corrected chi connectivity index (χ0v) is 10.4. The Morgan fingerprint density at radius 1 is 1.27 bits per heavy atom. The molecule has 0 aromatic rings. The minimum atomic E-state index is 0.660. The molecule has 1 heteroatoms. The van der Waals surface area contributed by atoms with Crippen molar-refractivity contribution in [2.75, 3.05) is 6.54 Å². The van der Waals surface area contributed by atoms with Gasteiger partial charge in [-0.2, -0.15) is 0 Å². The second-order valence-electron chi connectivity index (χ2n) is 5.52. The second-order valence-corrected chi connectivity index (χ2v) is 5.52. The van der Waals surface area contributed by atoms with E-state index in [4.69, 9.17) is 0 Å². The molecule has 2 rings (SSSR count). The Morgan fingerprint density at radius 3 is 2.33 bits per heavy atom. The largest absolute Gasteiger partial charge is 0.310 e. The summed E-state index contributed by atoms with van der Waals surface area (Å²) in [6.45, 7) is 7.76. The molecule has 0 radical (unpaired) electrons. The van der Waals surface area contributed by atoms with Crippen molar-refractivity contribution in [1.29, 1.82) is 0 Å². The molecule has 0 saturated heterocycles. The Kier molecular flexibility index (Phi) is 3.50. The molecule has 2 fully saturated rings. The maximum atomic E-state index is 3.66. The van der Waals surface area contributed by atoms with E-state index >= 15 is 0 Å². The molecule has 3 atom stereocenters. The molecule has 0 aliphatic heterocycles. The maximum absolute atomic E-state index is 3.66. The number of allylic oxidation sites excluding steroid dienone is 1. The van der Waals surface area contributed by atoms with Gasteiger partial charge in [-0.1, -0.05) is 31.4 Å². The smallest absolute Gasteiger partial charge is 0.0286 e. The molecular weight excluding hydrogens is 182 g/mol. The molecule has 0 spiro atoms. The van der Waals surface area contributed by atoms with Gasteiger partial charge < -0.3 is 5.32 Å². The minimum Gasteiger partial charge on any atom is -0.310 e. The highest BCUT2D eigenvalue weighted by Gasteiger charge is 2.53.